The second-order valence-corrected chi connectivity index (χ2v) is 11.3. The van der Waals surface area contributed by atoms with Gasteiger partial charge in [-0.3, -0.25) is 0 Å². The van der Waals surface area contributed by atoms with Gasteiger partial charge >= 0.3 is 0 Å². The van der Waals surface area contributed by atoms with Gasteiger partial charge in [-0.05, 0) is 69.8 Å². The fourth-order valence-electron chi connectivity index (χ4n) is 5.88. The zero-order chi connectivity index (χ0) is 26.5. The predicted molar refractivity (Wildman–Crippen MR) is 174 cm³/mol. The van der Waals surface area contributed by atoms with E-state index < -0.39 is 0 Å². The number of benzene rings is 7. The van der Waals surface area contributed by atoms with E-state index in [1.54, 1.807) is 0 Å². The van der Waals surface area contributed by atoms with Gasteiger partial charge in [0.05, 0.1) is 5.69 Å². The molecule has 40 heavy (non-hydrogen) atoms. The van der Waals surface area contributed by atoms with Crippen LogP contribution in [0.2, 0.25) is 0 Å². The molecule has 188 valence electrons. The summed E-state index contributed by atoms with van der Waals surface area (Å²) in [5.41, 5.74) is 5.90. The highest BCUT2D eigenvalue weighted by atomic mass is 32.1. The van der Waals surface area contributed by atoms with Crippen LogP contribution in [0.5, 0.6) is 0 Å². The zero-order valence-corrected chi connectivity index (χ0v) is 22.6. The second-order valence-electron chi connectivity index (χ2n) is 10.2. The molecule has 7 aromatic carbocycles. The Kier molecular flexibility index (Phi) is 5.39. The molecule has 0 amide bonds. The summed E-state index contributed by atoms with van der Waals surface area (Å²) in [6.07, 6.45) is 0. The third-order valence-corrected chi connectivity index (χ3v) is 8.95. The molecule has 8 aromatic rings. The molecule has 0 N–H and O–H groups in total. The first-order valence-electron chi connectivity index (χ1n) is 13.6. The summed E-state index contributed by atoms with van der Waals surface area (Å²) in [7, 11) is 0. The first-order chi connectivity index (χ1) is 19.8. The van der Waals surface area contributed by atoms with E-state index in [-0.39, 0.29) is 0 Å². The van der Waals surface area contributed by atoms with Crippen LogP contribution in [-0.4, -0.2) is 0 Å². The van der Waals surface area contributed by atoms with Crippen LogP contribution in [0.3, 0.4) is 0 Å². The topological polar surface area (TPSA) is 3.24 Å². The Labute approximate surface area is 237 Å². The summed E-state index contributed by atoms with van der Waals surface area (Å²) in [5.74, 6) is 0. The van der Waals surface area contributed by atoms with Crippen LogP contribution in [0.15, 0.2) is 152 Å². The Hall–Kier alpha value is -4.92. The van der Waals surface area contributed by atoms with Crippen molar-refractivity contribution in [3.63, 3.8) is 0 Å². The molecule has 0 aliphatic heterocycles. The molecule has 0 unspecified atom stereocenters. The highest BCUT2D eigenvalue weighted by Crippen LogP contribution is 2.43. The Morgan fingerprint density at radius 2 is 1.05 bits per heavy atom. The molecule has 0 atom stereocenters. The summed E-state index contributed by atoms with van der Waals surface area (Å²) < 4.78 is 2.62. The van der Waals surface area contributed by atoms with E-state index in [1.165, 1.54) is 58.5 Å². The molecule has 0 spiro atoms. The first-order valence-corrected chi connectivity index (χ1v) is 14.4. The van der Waals surface area contributed by atoms with Gasteiger partial charge in [0.25, 0.3) is 0 Å². The summed E-state index contributed by atoms with van der Waals surface area (Å²) in [4.78, 5) is 2.41. The molecule has 8 rings (SSSR count). The summed E-state index contributed by atoms with van der Waals surface area (Å²) in [5, 5.41) is 7.62. The number of fused-ring (bicyclic) bond motifs is 5. The second kappa shape index (κ2) is 9.37. The van der Waals surface area contributed by atoms with Gasteiger partial charge in [0.2, 0.25) is 0 Å². The fraction of sp³-hybridized carbons (Fsp3) is 0. The first kappa shape index (κ1) is 23.0. The summed E-state index contributed by atoms with van der Waals surface area (Å²) in [6.45, 7) is 0. The number of nitrogens with zero attached hydrogens (tertiary/aromatic N) is 1. The van der Waals surface area contributed by atoms with Gasteiger partial charge < -0.3 is 4.90 Å². The molecule has 1 heterocycles. The van der Waals surface area contributed by atoms with E-state index in [0.29, 0.717) is 0 Å². The van der Waals surface area contributed by atoms with Crippen LogP contribution in [0.25, 0.3) is 52.8 Å². The number of anilines is 3. The van der Waals surface area contributed by atoms with Crippen molar-refractivity contribution in [3.8, 4) is 11.1 Å². The monoisotopic (exact) mass is 527 g/mol. The lowest BCUT2D eigenvalue weighted by Gasteiger charge is -2.27. The van der Waals surface area contributed by atoms with Crippen molar-refractivity contribution >= 4 is 70.1 Å². The quantitative estimate of drug-likeness (QED) is 0.220. The molecular weight excluding hydrogens is 502 g/mol. The van der Waals surface area contributed by atoms with Crippen molar-refractivity contribution in [1.82, 2.24) is 0 Å². The third-order valence-electron chi connectivity index (χ3n) is 7.82. The Balaban J connectivity index is 1.34. The average Bonchev–Trinajstić information content (AvgIpc) is 3.39. The van der Waals surface area contributed by atoms with E-state index in [1.807, 2.05) is 11.3 Å². The van der Waals surface area contributed by atoms with E-state index in [2.05, 4.69) is 157 Å². The molecule has 1 nitrogen and oxygen atoms in total. The third kappa shape index (κ3) is 3.85. The van der Waals surface area contributed by atoms with Gasteiger partial charge in [0.1, 0.15) is 0 Å². The maximum absolute atomic E-state index is 2.41. The highest BCUT2D eigenvalue weighted by Gasteiger charge is 2.17. The number of rotatable bonds is 4. The van der Waals surface area contributed by atoms with Crippen molar-refractivity contribution < 1.29 is 0 Å². The average molecular weight is 528 g/mol. The molecule has 0 bridgehead atoms. The summed E-state index contributed by atoms with van der Waals surface area (Å²) >= 11 is 1.86. The maximum Gasteiger partial charge on any atom is 0.0540 e. The van der Waals surface area contributed by atoms with Crippen LogP contribution in [0, 0.1) is 0 Å². The van der Waals surface area contributed by atoms with Crippen LogP contribution < -0.4 is 4.90 Å². The van der Waals surface area contributed by atoms with Crippen molar-refractivity contribution in [1.29, 1.82) is 0 Å². The molecule has 0 aliphatic carbocycles. The van der Waals surface area contributed by atoms with Crippen LogP contribution in [0.1, 0.15) is 0 Å². The predicted octanol–water partition coefficient (Wildman–Crippen LogP) is 11.5. The van der Waals surface area contributed by atoms with Crippen LogP contribution >= 0.6 is 11.3 Å². The van der Waals surface area contributed by atoms with E-state index in [9.17, 15) is 0 Å². The van der Waals surface area contributed by atoms with E-state index >= 15 is 0 Å². The minimum Gasteiger partial charge on any atom is -0.310 e. The van der Waals surface area contributed by atoms with Crippen LogP contribution in [-0.2, 0) is 0 Å². The van der Waals surface area contributed by atoms with E-state index in [0.717, 1.165) is 11.4 Å². The smallest absolute Gasteiger partial charge is 0.0540 e. The maximum atomic E-state index is 2.41. The molecular formula is C38H25NS. The largest absolute Gasteiger partial charge is 0.310 e. The number of hydrogen-bond donors (Lipinski definition) is 0. The lowest BCUT2D eigenvalue weighted by molar-refractivity contribution is 1.30. The summed E-state index contributed by atoms with van der Waals surface area (Å²) in [6, 6.07) is 55.1. The van der Waals surface area contributed by atoms with Crippen molar-refractivity contribution in [2.75, 3.05) is 4.90 Å². The van der Waals surface area contributed by atoms with Gasteiger partial charge in [-0.1, -0.05) is 109 Å². The van der Waals surface area contributed by atoms with Crippen molar-refractivity contribution in [3.05, 3.63) is 152 Å². The number of hydrogen-bond acceptors (Lipinski definition) is 2. The van der Waals surface area contributed by atoms with Gasteiger partial charge in [-0.15, -0.1) is 11.3 Å². The molecule has 0 fully saturated rings. The van der Waals surface area contributed by atoms with Gasteiger partial charge in [0, 0.05) is 36.9 Å². The minimum atomic E-state index is 1.14. The normalized spacial score (nSPS) is 11.5. The SMILES string of the molecule is c1cc(-c2ccc3ccccc3c2)cc(N(c2ccc3c(c2)sc2ccccc23)c2cccc3ccccc23)c1. The lowest BCUT2D eigenvalue weighted by atomic mass is 10.00. The molecule has 0 saturated heterocycles. The zero-order valence-electron chi connectivity index (χ0n) is 21.8. The lowest BCUT2D eigenvalue weighted by Crippen LogP contribution is -2.10. The standard InChI is InChI=1S/C38H25NS/c1-2-11-28-23-30(20-19-26(28)9-1)29-13-7-14-31(24-29)39(36-17-8-12-27-10-3-4-15-33(27)36)32-21-22-35-34-16-5-6-18-37(34)40-38(35)25-32/h1-25H. The molecule has 1 aromatic heterocycles. The Morgan fingerprint density at radius 3 is 1.98 bits per heavy atom. The van der Waals surface area contributed by atoms with Crippen molar-refractivity contribution in [2.24, 2.45) is 0 Å². The molecule has 2 heteroatoms. The van der Waals surface area contributed by atoms with Crippen LogP contribution in [0.4, 0.5) is 17.1 Å². The molecule has 0 saturated carbocycles. The highest BCUT2D eigenvalue weighted by molar-refractivity contribution is 7.25. The van der Waals surface area contributed by atoms with Gasteiger partial charge in [-0.25, -0.2) is 0 Å². The Morgan fingerprint density at radius 1 is 0.375 bits per heavy atom. The van der Waals surface area contributed by atoms with Gasteiger partial charge in [-0.2, -0.15) is 0 Å². The van der Waals surface area contributed by atoms with Gasteiger partial charge in [0.15, 0.2) is 0 Å². The molecule has 0 aliphatic rings. The Bertz CT molecular complexity index is 2180. The molecule has 0 radical (unpaired) electrons. The van der Waals surface area contributed by atoms with Crippen molar-refractivity contribution in [2.45, 2.75) is 0 Å². The number of thiophene rings is 1. The van der Waals surface area contributed by atoms with E-state index in [4.69, 9.17) is 0 Å². The minimum absolute atomic E-state index is 1.14. The fourth-order valence-corrected chi connectivity index (χ4v) is 7.02.